The first-order chi connectivity index (χ1) is 17.4. The highest BCUT2D eigenvalue weighted by Gasteiger charge is 2.42. The summed E-state index contributed by atoms with van der Waals surface area (Å²) in [7, 11) is 1.62. The molecule has 1 fully saturated rings. The number of piperidine rings is 1. The van der Waals surface area contributed by atoms with Gasteiger partial charge in [0, 0.05) is 45.0 Å². The van der Waals surface area contributed by atoms with E-state index in [4.69, 9.17) is 25.8 Å². The summed E-state index contributed by atoms with van der Waals surface area (Å²) in [6.07, 6.45) is 4.06. The van der Waals surface area contributed by atoms with Crippen molar-refractivity contribution in [2.45, 2.75) is 44.6 Å². The summed E-state index contributed by atoms with van der Waals surface area (Å²) < 4.78 is 19.2. The minimum Gasteiger partial charge on any atom is -0.493 e. The Morgan fingerprint density at radius 3 is 2.78 bits per heavy atom. The summed E-state index contributed by atoms with van der Waals surface area (Å²) in [5, 5.41) is 26.5. The van der Waals surface area contributed by atoms with Crippen LogP contribution < -0.4 is 14.2 Å². The van der Waals surface area contributed by atoms with E-state index < -0.39 is 11.7 Å². The van der Waals surface area contributed by atoms with Crippen molar-refractivity contribution in [3.05, 3.63) is 71.0 Å². The van der Waals surface area contributed by atoms with Crippen molar-refractivity contribution in [1.29, 1.82) is 0 Å². The molecule has 0 saturated carbocycles. The molecule has 1 aromatic heterocycles. The molecule has 0 aliphatic carbocycles. The molecule has 0 bridgehead atoms. The molecule has 2 atom stereocenters. The lowest BCUT2D eigenvalue weighted by Crippen LogP contribution is -2.59. The van der Waals surface area contributed by atoms with Gasteiger partial charge in [0.25, 0.3) is 0 Å². The number of hydrogen-bond acceptors (Lipinski definition) is 7. The third kappa shape index (κ3) is 6.70. The lowest BCUT2D eigenvalue weighted by Gasteiger charge is -2.42. The summed E-state index contributed by atoms with van der Waals surface area (Å²) in [5.41, 5.74) is 0.620. The van der Waals surface area contributed by atoms with Crippen LogP contribution in [0.4, 0.5) is 0 Å². The van der Waals surface area contributed by atoms with Crippen LogP contribution in [0.2, 0.25) is 5.02 Å². The number of aliphatic hydroxyl groups excluding tert-OH is 1. The summed E-state index contributed by atoms with van der Waals surface area (Å²) in [5.74, 6) is 1.85. The fourth-order valence-corrected chi connectivity index (χ4v) is 4.55. The van der Waals surface area contributed by atoms with Crippen molar-refractivity contribution in [2.75, 3.05) is 33.4 Å². The largest absolute Gasteiger partial charge is 0.493 e. The molecule has 0 spiro atoms. The number of benzene rings is 2. The van der Waals surface area contributed by atoms with Crippen LogP contribution in [0, 0.1) is 6.92 Å². The molecule has 1 aliphatic heterocycles. The van der Waals surface area contributed by atoms with Gasteiger partial charge in [-0.25, -0.2) is 0 Å². The van der Waals surface area contributed by atoms with Crippen LogP contribution >= 0.6 is 11.6 Å². The van der Waals surface area contributed by atoms with E-state index in [1.807, 2.05) is 54.2 Å². The molecular weight excluding hydrogens is 482 g/mol. The Bertz CT molecular complexity index is 1130. The van der Waals surface area contributed by atoms with Crippen molar-refractivity contribution in [3.63, 3.8) is 0 Å². The predicted octanol–water partition coefficient (Wildman–Crippen LogP) is 3.70. The first-order valence-electron chi connectivity index (χ1n) is 12.2. The Balaban J connectivity index is 1.36. The normalized spacial score (nSPS) is 20.3. The van der Waals surface area contributed by atoms with E-state index in [9.17, 15) is 10.2 Å². The van der Waals surface area contributed by atoms with E-state index in [-0.39, 0.29) is 13.2 Å². The van der Waals surface area contributed by atoms with E-state index in [2.05, 4.69) is 10.00 Å². The summed E-state index contributed by atoms with van der Waals surface area (Å²) in [4.78, 5) is 2.11. The molecule has 2 N–H and O–H groups in total. The number of hydrogen-bond donors (Lipinski definition) is 2. The fourth-order valence-electron chi connectivity index (χ4n) is 4.38. The SMILES string of the molecule is COc1ccc(CN2CC[C@H](O)[C@@](O)(COc3cc(C)ccc3Cl)C2)cc1OCCCn1cccn1. The van der Waals surface area contributed by atoms with E-state index >= 15 is 0 Å². The summed E-state index contributed by atoms with van der Waals surface area (Å²) in [6, 6.07) is 13.2. The number of nitrogens with zero attached hydrogens (tertiary/aromatic N) is 3. The van der Waals surface area contributed by atoms with Crippen LogP contribution in [0.3, 0.4) is 0 Å². The number of aliphatic hydroxyl groups is 2. The average molecular weight is 516 g/mol. The van der Waals surface area contributed by atoms with E-state index in [0.29, 0.717) is 48.4 Å². The van der Waals surface area contributed by atoms with Crippen molar-refractivity contribution in [3.8, 4) is 17.2 Å². The summed E-state index contributed by atoms with van der Waals surface area (Å²) in [6.45, 7) is 4.72. The van der Waals surface area contributed by atoms with Crippen molar-refractivity contribution >= 4 is 11.6 Å². The molecule has 1 saturated heterocycles. The monoisotopic (exact) mass is 515 g/mol. The van der Waals surface area contributed by atoms with Crippen LogP contribution in [0.15, 0.2) is 54.9 Å². The zero-order valence-electron chi connectivity index (χ0n) is 20.8. The smallest absolute Gasteiger partial charge is 0.161 e. The number of methoxy groups -OCH3 is 1. The number of rotatable bonds is 11. The van der Waals surface area contributed by atoms with Crippen LogP contribution in [-0.2, 0) is 13.1 Å². The lowest BCUT2D eigenvalue weighted by molar-refractivity contribution is -0.140. The standard InChI is InChI=1S/C27H34ClN3O5/c1-20-5-7-22(28)24(15-20)36-19-27(33)18-30(13-9-26(27)32)17-21-6-8-23(34-2)25(16-21)35-14-4-12-31-11-3-10-29-31/h3,5-8,10-11,15-16,26,32-33H,4,9,12-14,17-19H2,1-2H3/t26-,27-/m0/s1. The number of ether oxygens (including phenoxy) is 3. The van der Waals surface area contributed by atoms with Gasteiger partial charge in [0.15, 0.2) is 11.5 Å². The molecule has 36 heavy (non-hydrogen) atoms. The first kappa shape index (κ1) is 26.3. The number of β-amino-alcohol motifs (C(OH)–C–C–N with tert-alkyl or cyclic N) is 1. The quantitative estimate of drug-likeness (QED) is 0.376. The molecule has 8 nitrogen and oxygen atoms in total. The van der Waals surface area contributed by atoms with Gasteiger partial charge in [0.05, 0.1) is 24.8 Å². The Morgan fingerprint density at radius 1 is 1.14 bits per heavy atom. The highest BCUT2D eigenvalue weighted by molar-refractivity contribution is 6.32. The molecule has 2 aromatic carbocycles. The van der Waals surface area contributed by atoms with Crippen molar-refractivity contribution in [2.24, 2.45) is 0 Å². The molecular formula is C27H34ClN3O5. The maximum atomic E-state index is 11.3. The molecule has 0 radical (unpaired) electrons. The third-order valence-electron chi connectivity index (χ3n) is 6.38. The highest BCUT2D eigenvalue weighted by Crippen LogP contribution is 2.31. The van der Waals surface area contributed by atoms with Gasteiger partial charge < -0.3 is 24.4 Å². The molecule has 194 valence electrons. The minimum atomic E-state index is -1.41. The molecule has 3 aromatic rings. The van der Waals surface area contributed by atoms with Gasteiger partial charge in [-0.3, -0.25) is 9.58 Å². The van der Waals surface area contributed by atoms with E-state index in [1.165, 1.54) is 0 Å². The van der Waals surface area contributed by atoms with Crippen LogP contribution in [0.5, 0.6) is 17.2 Å². The molecule has 0 amide bonds. The van der Waals surface area contributed by atoms with Crippen molar-refractivity contribution in [1.82, 2.24) is 14.7 Å². The average Bonchev–Trinajstić information content (AvgIpc) is 3.39. The zero-order chi connectivity index (χ0) is 25.5. The first-order valence-corrected chi connectivity index (χ1v) is 12.5. The molecule has 1 aliphatic rings. The highest BCUT2D eigenvalue weighted by atomic mass is 35.5. The Hall–Kier alpha value is -2.78. The van der Waals surface area contributed by atoms with Gasteiger partial charge in [-0.15, -0.1) is 0 Å². The van der Waals surface area contributed by atoms with Crippen LogP contribution in [0.25, 0.3) is 0 Å². The number of halogens is 1. The molecule has 0 unspecified atom stereocenters. The summed E-state index contributed by atoms with van der Waals surface area (Å²) >= 11 is 6.24. The second-order valence-corrected chi connectivity index (χ2v) is 9.70. The van der Waals surface area contributed by atoms with Gasteiger partial charge in [0.1, 0.15) is 18.0 Å². The molecule has 9 heteroatoms. The van der Waals surface area contributed by atoms with E-state index in [0.717, 1.165) is 24.1 Å². The van der Waals surface area contributed by atoms with Gasteiger partial charge in [-0.2, -0.15) is 5.10 Å². The van der Waals surface area contributed by atoms with Gasteiger partial charge in [-0.1, -0.05) is 23.7 Å². The zero-order valence-corrected chi connectivity index (χ0v) is 21.5. The minimum absolute atomic E-state index is 0.0545. The maximum Gasteiger partial charge on any atom is 0.161 e. The number of likely N-dealkylation sites (tertiary alicyclic amines) is 1. The third-order valence-corrected chi connectivity index (χ3v) is 6.70. The molecule has 2 heterocycles. The van der Waals surface area contributed by atoms with Crippen LogP contribution in [0.1, 0.15) is 24.0 Å². The topological polar surface area (TPSA) is 89.2 Å². The number of aromatic nitrogens is 2. The maximum absolute atomic E-state index is 11.3. The van der Waals surface area contributed by atoms with Crippen LogP contribution in [-0.4, -0.2) is 70.0 Å². The van der Waals surface area contributed by atoms with Gasteiger partial charge in [-0.05, 0) is 54.8 Å². The lowest BCUT2D eigenvalue weighted by atomic mass is 9.90. The van der Waals surface area contributed by atoms with Gasteiger partial charge in [0.2, 0.25) is 0 Å². The molecule has 4 rings (SSSR count). The van der Waals surface area contributed by atoms with E-state index in [1.54, 1.807) is 19.4 Å². The Morgan fingerprint density at radius 2 is 2.00 bits per heavy atom. The van der Waals surface area contributed by atoms with Gasteiger partial charge >= 0.3 is 0 Å². The predicted molar refractivity (Wildman–Crippen MR) is 138 cm³/mol. The Labute approximate surface area is 217 Å². The van der Waals surface area contributed by atoms with Crippen molar-refractivity contribution < 1.29 is 24.4 Å². The number of aryl methyl sites for hydroxylation is 2. The second-order valence-electron chi connectivity index (χ2n) is 9.30. The Kier molecular flexibility index (Phi) is 8.74. The fraction of sp³-hybridized carbons (Fsp3) is 0.444. The second kappa shape index (κ2) is 12.0.